The van der Waals surface area contributed by atoms with Crippen molar-refractivity contribution in [2.24, 2.45) is 0 Å². The van der Waals surface area contributed by atoms with Gasteiger partial charge in [0.1, 0.15) is 10.7 Å². The van der Waals surface area contributed by atoms with Crippen LogP contribution in [0.25, 0.3) is 0 Å². The van der Waals surface area contributed by atoms with Gasteiger partial charge in [0, 0.05) is 18.3 Å². The van der Waals surface area contributed by atoms with Crippen molar-refractivity contribution in [1.82, 2.24) is 4.98 Å². The van der Waals surface area contributed by atoms with Gasteiger partial charge in [-0.2, -0.15) is 0 Å². The predicted molar refractivity (Wildman–Crippen MR) is 72.6 cm³/mol. The van der Waals surface area contributed by atoms with E-state index in [-0.39, 0.29) is 22.1 Å². The summed E-state index contributed by atoms with van der Waals surface area (Å²) in [6, 6.07) is 7.87. The monoisotopic (exact) mass is 294 g/mol. The van der Waals surface area contributed by atoms with Crippen molar-refractivity contribution in [3.63, 3.8) is 0 Å². The zero-order valence-electron chi connectivity index (χ0n) is 10.1. The lowest BCUT2D eigenvalue weighted by atomic mass is 10.3. The van der Waals surface area contributed by atoms with Gasteiger partial charge >= 0.3 is 0 Å². The summed E-state index contributed by atoms with van der Waals surface area (Å²) < 4.78 is 26.4. The molecular formula is C11H10N4O4S. The number of aromatic nitrogens is 1. The molecule has 1 aromatic heterocycles. The summed E-state index contributed by atoms with van der Waals surface area (Å²) in [5, 5.41) is 10.6. The Morgan fingerprint density at radius 1 is 1.25 bits per heavy atom. The third kappa shape index (κ3) is 2.83. The molecule has 0 unspecified atom stereocenters. The second kappa shape index (κ2) is 5.13. The Morgan fingerprint density at radius 3 is 2.55 bits per heavy atom. The summed E-state index contributed by atoms with van der Waals surface area (Å²) >= 11 is 0. The van der Waals surface area contributed by atoms with Crippen molar-refractivity contribution in [3.05, 3.63) is 52.7 Å². The third-order valence-corrected chi connectivity index (χ3v) is 3.83. The zero-order valence-corrected chi connectivity index (χ0v) is 10.9. The molecule has 1 heterocycles. The quantitative estimate of drug-likeness (QED) is 0.498. The van der Waals surface area contributed by atoms with Crippen LogP contribution in [0.5, 0.6) is 0 Å². The number of nitrogen functional groups attached to an aromatic ring is 1. The van der Waals surface area contributed by atoms with Crippen LogP contribution in [0.15, 0.2) is 47.5 Å². The predicted octanol–water partition coefficient (Wildman–Crippen LogP) is 1.37. The molecular weight excluding hydrogens is 284 g/mol. The van der Waals surface area contributed by atoms with Gasteiger partial charge in [-0.25, -0.2) is 13.4 Å². The minimum absolute atomic E-state index is 0.130. The summed E-state index contributed by atoms with van der Waals surface area (Å²) in [6.45, 7) is 0. The van der Waals surface area contributed by atoms with Gasteiger partial charge in [-0.3, -0.25) is 14.8 Å². The van der Waals surface area contributed by atoms with E-state index in [9.17, 15) is 18.5 Å². The highest BCUT2D eigenvalue weighted by Crippen LogP contribution is 2.25. The number of nitro benzene ring substituents is 1. The van der Waals surface area contributed by atoms with Crippen LogP contribution in [0.1, 0.15) is 0 Å². The van der Waals surface area contributed by atoms with Gasteiger partial charge in [0.25, 0.3) is 15.7 Å². The average Bonchev–Trinajstić information content (AvgIpc) is 2.38. The van der Waals surface area contributed by atoms with Gasteiger partial charge in [0.2, 0.25) is 0 Å². The van der Waals surface area contributed by atoms with Crippen LogP contribution < -0.4 is 10.5 Å². The van der Waals surface area contributed by atoms with Crippen LogP contribution in [0.2, 0.25) is 0 Å². The summed E-state index contributed by atoms with van der Waals surface area (Å²) in [7, 11) is -3.95. The second-order valence-electron chi connectivity index (χ2n) is 3.80. The second-order valence-corrected chi connectivity index (χ2v) is 5.45. The van der Waals surface area contributed by atoms with Crippen molar-refractivity contribution in [1.29, 1.82) is 0 Å². The molecule has 8 nitrogen and oxygen atoms in total. The topological polar surface area (TPSA) is 128 Å². The van der Waals surface area contributed by atoms with E-state index in [1.807, 2.05) is 0 Å². The summed E-state index contributed by atoms with van der Waals surface area (Å²) in [5.74, 6) is 0.130. The highest BCUT2D eigenvalue weighted by Gasteiger charge is 2.20. The van der Waals surface area contributed by atoms with Gasteiger partial charge in [0.05, 0.1) is 10.6 Å². The van der Waals surface area contributed by atoms with Crippen molar-refractivity contribution in [2.45, 2.75) is 4.90 Å². The number of nitrogens with zero attached hydrogens (tertiary/aromatic N) is 2. The summed E-state index contributed by atoms with van der Waals surface area (Å²) in [5.41, 5.74) is 5.07. The number of rotatable bonds is 4. The third-order valence-electron chi connectivity index (χ3n) is 2.40. The first-order valence-electron chi connectivity index (χ1n) is 5.38. The molecule has 0 saturated heterocycles. The van der Waals surface area contributed by atoms with E-state index in [0.29, 0.717) is 0 Å². The van der Waals surface area contributed by atoms with Crippen LogP contribution >= 0.6 is 0 Å². The lowest BCUT2D eigenvalue weighted by Gasteiger charge is -2.09. The van der Waals surface area contributed by atoms with Crippen molar-refractivity contribution >= 4 is 27.2 Å². The fourth-order valence-corrected chi connectivity index (χ4v) is 2.63. The lowest BCUT2D eigenvalue weighted by molar-refractivity contribution is -0.384. The number of hydrogen-bond acceptors (Lipinski definition) is 6. The van der Waals surface area contributed by atoms with E-state index < -0.39 is 14.9 Å². The van der Waals surface area contributed by atoms with Gasteiger partial charge in [-0.1, -0.05) is 6.07 Å². The maximum Gasteiger partial charge on any atom is 0.271 e. The Balaban J connectivity index is 2.37. The number of nitrogens with one attached hydrogen (secondary N) is 1. The van der Waals surface area contributed by atoms with E-state index in [1.165, 1.54) is 12.3 Å². The highest BCUT2D eigenvalue weighted by atomic mass is 32.2. The molecule has 2 aromatic rings. The first-order valence-corrected chi connectivity index (χ1v) is 6.86. The minimum Gasteiger partial charge on any atom is -0.397 e. The minimum atomic E-state index is -3.95. The standard InChI is InChI=1S/C11H10N4O4S/c12-9-7-8(15(16)17)4-5-10(9)20(18,19)14-11-3-1-2-6-13-11/h1-7H,12H2,(H,13,14). The molecule has 2 rings (SSSR count). The van der Waals surface area contributed by atoms with Crippen LogP contribution in [0.4, 0.5) is 17.2 Å². The largest absolute Gasteiger partial charge is 0.397 e. The Labute approximate surface area is 114 Å². The first-order chi connectivity index (χ1) is 9.40. The molecule has 0 amide bonds. The number of benzene rings is 1. The van der Waals surface area contributed by atoms with Gasteiger partial charge < -0.3 is 5.73 Å². The number of nitro groups is 1. The lowest BCUT2D eigenvalue weighted by Crippen LogP contribution is -2.15. The fraction of sp³-hybridized carbons (Fsp3) is 0. The van der Waals surface area contributed by atoms with Crippen molar-refractivity contribution in [2.75, 3.05) is 10.5 Å². The normalized spacial score (nSPS) is 11.0. The van der Waals surface area contributed by atoms with Gasteiger partial charge in [0.15, 0.2) is 0 Å². The Hall–Kier alpha value is -2.68. The van der Waals surface area contributed by atoms with E-state index in [1.54, 1.807) is 12.1 Å². The molecule has 0 saturated carbocycles. The molecule has 0 aliphatic heterocycles. The molecule has 1 aromatic carbocycles. The van der Waals surface area contributed by atoms with Crippen LogP contribution in [-0.4, -0.2) is 18.3 Å². The molecule has 20 heavy (non-hydrogen) atoms. The fourth-order valence-electron chi connectivity index (χ4n) is 1.51. The van der Waals surface area contributed by atoms with Crippen molar-refractivity contribution in [3.8, 4) is 0 Å². The SMILES string of the molecule is Nc1cc([N+](=O)[O-])ccc1S(=O)(=O)Nc1ccccn1. The number of nitrogens with two attached hydrogens (primary N) is 1. The van der Waals surface area contributed by atoms with E-state index >= 15 is 0 Å². The zero-order chi connectivity index (χ0) is 14.8. The number of non-ortho nitro benzene ring substituents is 1. The highest BCUT2D eigenvalue weighted by molar-refractivity contribution is 7.92. The van der Waals surface area contributed by atoms with E-state index in [4.69, 9.17) is 5.73 Å². The van der Waals surface area contributed by atoms with Crippen LogP contribution in [-0.2, 0) is 10.0 Å². The number of anilines is 2. The van der Waals surface area contributed by atoms with Gasteiger partial charge in [-0.15, -0.1) is 0 Å². The van der Waals surface area contributed by atoms with Crippen molar-refractivity contribution < 1.29 is 13.3 Å². The Kier molecular flexibility index (Phi) is 3.53. The molecule has 9 heteroatoms. The molecule has 0 spiro atoms. The average molecular weight is 294 g/mol. The molecule has 0 radical (unpaired) electrons. The van der Waals surface area contributed by atoms with Crippen LogP contribution in [0.3, 0.4) is 0 Å². The molecule has 0 aliphatic rings. The maximum atomic E-state index is 12.1. The molecule has 3 N–H and O–H groups in total. The number of pyridine rings is 1. The summed E-state index contributed by atoms with van der Waals surface area (Å²) in [6.07, 6.45) is 1.43. The number of hydrogen-bond donors (Lipinski definition) is 2. The molecule has 0 bridgehead atoms. The molecule has 0 aliphatic carbocycles. The van der Waals surface area contributed by atoms with E-state index in [0.717, 1.165) is 18.2 Å². The van der Waals surface area contributed by atoms with E-state index in [2.05, 4.69) is 9.71 Å². The van der Waals surface area contributed by atoms with Gasteiger partial charge in [-0.05, 0) is 18.2 Å². The molecule has 104 valence electrons. The summed E-state index contributed by atoms with van der Waals surface area (Å²) in [4.78, 5) is 13.5. The first kappa shape index (κ1) is 13.7. The number of sulfonamides is 1. The molecule has 0 fully saturated rings. The Bertz CT molecular complexity index is 746. The maximum absolute atomic E-state index is 12.1. The Morgan fingerprint density at radius 2 is 2.00 bits per heavy atom. The van der Waals surface area contributed by atoms with Crippen LogP contribution in [0, 0.1) is 10.1 Å². The smallest absolute Gasteiger partial charge is 0.271 e. The molecule has 0 atom stereocenters.